The van der Waals surface area contributed by atoms with E-state index < -0.39 is 0 Å². The molecule has 0 saturated carbocycles. The molecule has 0 radical (unpaired) electrons. The lowest BCUT2D eigenvalue weighted by atomic mass is 10.2. The van der Waals surface area contributed by atoms with Gasteiger partial charge in [-0.1, -0.05) is 0 Å². The molecule has 0 bridgehead atoms. The lowest BCUT2D eigenvalue weighted by Gasteiger charge is -2.23. The molecule has 7 heteroatoms. The van der Waals surface area contributed by atoms with E-state index in [-0.39, 0.29) is 6.61 Å². The molecule has 0 amide bonds. The number of aromatic nitrogens is 3. The molecule has 1 unspecified atom stereocenters. The van der Waals surface area contributed by atoms with Gasteiger partial charge in [-0.15, -0.1) is 5.10 Å². The summed E-state index contributed by atoms with van der Waals surface area (Å²) in [7, 11) is 0. The Morgan fingerprint density at radius 1 is 1.50 bits per heavy atom. The zero-order chi connectivity index (χ0) is 13.9. The van der Waals surface area contributed by atoms with Crippen LogP contribution in [-0.4, -0.2) is 52.0 Å². The number of nitrogens with zero attached hydrogens (tertiary/aromatic N) is 4. The monoisotopic (exact) mass is 339 g/mol. The van der Waals surface area contributed by atoms with Gasteiger partial charge in [0, 0.05) is 29.8 Å². The molecule has 2 aromatic rings. The van der Waals surface area contributed by atoms with Crippen LogP contribution in [0.5, 0.6) is 0 Å². The third-order valence-corrected chi connectivity index (χ3v) is 4.01. The van der Waals surface area contributed by atoms with Gasteiger partial charge in [-0.3, -0.25) is 0 Å². The van der Waals surface area contributed by atoms with Crippen molar-refractivity contribution in [3.63, 3.8) is 0 Å². The van der Waals surface area contributed by atoms with Crippen molar-refractivity contribution < 1.29 is 5.11 Å². The van der Waals surface area contributed by atoms with Crippen molar-refractivity contribution in [1.29, 1.82) is 0 Å². The van der Waals surface area contributed by atoms with E-state index >= 15 is 0 Å². The van der Waals surface area contributed by atoms with Crippen molar-refractivity contribution in [2.24, 2.45) is 0 Å². The van der Waals surface area contributed by atoms with Crippen LogP contribution >= 0.6 is 15.9 Å². The summed E-state index contributed by atoms with van der Waals surface area (Å²) in [5, 5.41) is 17.2. The van der Waals surface area contributed by atoms with E-state index in [4.69, 9.17) is 0 Å². The highest BCUT2D eigenvalue weighted by Gasteiger charge is 2.20. The molecule has 1 fully saturated rings. The SMILES string of the molecule is OCCN(CC1CCCN1)c1nc2ccc(Br)cn2n1. The van der Waals surface area contributed by atoms with E-state index in [1.807, 2.05) is 23.2 Å². The van der Waals surface area contributed by atoms with Crippen LogP contribution in [0, 0.1) is 0 Å². The molecular weight excluding hydrogens is 322 g/mol. The summed E-state index contributed by atoms with van der Waals surface area (Å²) in [5.41, 5.74) is 0.811. The maximum atomic E-state index is 9.26. The summed E-state index contributed by atoms with van der Waals surface area (Å²) in [6.45, 7) is 2.56. The number of nitrogens with one attached hydrogen (secondary N) is 1. The Labute approximate surface area is 125 Å². The topological polar surface area (TPSA) is 65.7 Å². The van der Waals surface area contributed by atoms with Gasteiger partial charge in [0.25, 0.3) is 0 Å². The van der Waals surface area contributed by atoms with Crippen LogP contribution in [0.3, 0.4) is 0 Å². The molecular formula is C13H18BrN5O. The predicted octanol–water partition coefficient (Wildman–Crippen LogP) is 1.04. The Morgan fingerprint density at radius 3 is 3.15 bits per heavy atom. The number of aliphatic hydroxyl groups is 1. The van der Waals surface area contributed by atoms with Gasteiger partial charge in [0.1, 0.15) is 0 Å². The fraction of sp³-hybridized carbons (Fsp3) is 0.538. The number of fused-ring (bicyclic) bond motifs is 1. The first-order valence-corrected chi connectivity index (χ1v) is 7.66. The first-order chi connectivity index (χ1) is 9.76. The van der Waals surface area contributed by atoms with Gasteiger partial charge in [-0.2, -0.15) is 4.98 Å². The van der Waals surface area contributed by atoms with Crippen molar-refractivity contribution in [3.05, 3.63) is 22.8 Å². The van der Waals surface area contributed by atoms with Gasteiger partial charge in [0.2, 0.25) is 5.95 Å². The standard InChI is InChI=1S/C13H18BrN5O/c14-10-3-4-12-16-13(17-19(12)8-10)18(6-7-20)9-11-2-1-5-15-11/h3-4,8,11,15,20H,1-2,5-7,9H2. The fourth-order valence-electron chi connectivity index (χ4n) is 2.55. The van der Waals surface area contributed by atoms with Crippen LogP contribution in [0.2, 0.25) is 0 Å². The summed E-state index contributed by atoms with van der Waals surface area (Å²) in [6, 6.07) is 4.33. The van der Waals surface area contributed by atoms with E-state index in [0.29, 0.717) is 18.5 Å². The molecule has 6 nitrogen and oxygen atoms in total. The Balaban J connectivity index is 1.83. The Kier molecular flexibility index (Phi) is 4.18. The highest BCUT2D eigenvalue weighted by molar-refractivity contribution is 9.10. The van der Waals surface area contributed by atoms with Crippen LogP contribution in [0.4, 0.5) is 5.95 Å². The minimum atomic E-state index is 0.103. The third-order valence-electron chi connectivity index (χ3n) is 3.54. The third kappa shape index (κ3) is 2.94. The molecule has 3 rings (SSSR count). The smallest absolute Gasteiger partial charge is 0.245 e. The zero-order valence-electron chi connectivity index (χ0n) is 11.2. The van der Waals surface area contributed by atoms with Gasteiger partial charge in [0.15, 0.2) is 5.65 Å². The summed E-state index contributed by atoms with van der Waals surface area (Å²) >= 11 is 3.43. The molecule has 0 aliphatic carbocycles. The van der Waals surface area contributed by atoms with Gasteiger partial charge in [-0.25, -0.2) is 4.52 Å². The molecule has 1 aliphatic heterocycles. The average molecular weight is 340 g/mol. The van der Waals surface area contributed by atoms with Gasteiger partial charge in [0.05, 0.1) is 6.61 Å². The molecule has 108 valence electrons. The first kappa shape index (κ1) is 13.8. The van der Waals surface area contributed by atoms with E-state index in [2.05, 4.69) is 31.3 Å². The largest absolute Gasteiger partial charge is 0.395 e. The minimum absolute atomic E-state index is 0.103. The van der Waals surface area contributed by atoms with Gasteiger partial charge < -0.3 is 15.3 Å². The van der Waals surface area contributed by atoms with Crippen LogP contribution < -0.4 is 10.2 Å². The minimum Gasteiger partial charge on any atom is -0.395 e. The highest BCUT2D eigenvalue weighted by atomic mass is 79.9. The molecule has 2 aromatic heterocycles. The van der Waals surface area contributed by atoms with Crippen LogP contribution in [0.25, 0.3) is 5.65 Å². The van der Waals surface area contributed by atoms with Crippen LogP contribution in [-0.2, 0) is 0 Å². The maximum Gasteiger partial charge on any atom is 0.245 e. The Bertz CT molecular complexity index is 581. The molecule has 0 spiro atoms. The fourth-order valence-corrected chi connectivity index (χ4v) is 2.88. The molecule has 20 heavy (non-hydrogen) atoms. The normalized spacial score (nSPS) is 18.8. The first-order valence-electron chi connectivity index (χ1n) is 6.87. The summed E-state index contributed by atoms with van der Waals surface area (Å²) in [4.78, 5) is 6.58. The predicted molar refractivity (Wildman–Crippen MR) is 81.0 cm³/mol. The van der Waals surface area contributed by atoms with Gasteiger partial charge >= 0.3 is 0 Å². The number of halogens is 1. The second-order valence-electron chi connectivity index (χ2n) is 5.02. The molecule has 1 saturated heterocycles. The van der Waals surface area contributed by atoms with Crippen molar-refractivity contribution >= 4 is 27.5 Å². The molecule has 1 atom stereocenters. The summed E-state index contributed by atoms with van der Waals surface area (Å²) in [6.07, 6.45) is 4.26. The number of rotatable bonds is 5. The zero-order valence-corrected chi connectivity index (χ0v) is 12.8. The maximum absolute atomic E-state index is 9.26. The highest BCUT2D eigenvalue weighted by Crippen LogP contribution is 2.16. The lowest BCUT2D eigenvalue weighted by molar-refractivity contribution is 0.299. The lowest BCUT2D eigenvalue weighted by Crippen LogP contribution is -2.39. The van der Waals surface area contributed by atoms with Crippen LogP contribution in [0.15, 0.2) is 22.8 Å². The molecule has 3 heterocycles. The number of aliphatic hydroxyl groups excluding tert-OH is 1. The van der Waals surface area contributed by atoms with Crippen molar-refractivity contribution in [2.75, 3.05) is 31.1 Å². The van der Waals surface area contributed by atoms with Crippen molar-refractivity contribution in [2.45, 2.75) is 18.9 Å². The Morgan fingerprint density at radius 2 is 2.40 bits per heavy atom. The average Bonchev–Trinajstić information content (AvgIpc) is 3.06. The van der Waals surface area contributed by atoms with E-state index in [9.17, 15) is 5.11 Å². The second kappa shape index (κ2) is 6.07. The summed E-state index contributed by atoms with van der Waals surface area (Å²) in [5.74, 6) is 0.672. The van der Waals surface area contributed by atoms with Crippen LogP contribution in [0.1, 0.15) is 12.8 Å². The van der Waals surface area contributed by atoms with E-state index in [1.54, 1.807) is 4.52 Å². The number of hydrogen-bond acceptors (Lipinski definition) is 5. The molecule has 2 N–H and O–H groups in total. The number of hydrogen-bond donors (Lipinski definition) is 2. The molecule has 0 aromatic carbocycles. The van der Waals surface area contributed by atoms with Crippen molar-refractivity contribution in [1.82, 2.24) is 19.9 Å². The van der Waals surface area contributed by atoms with E-state index in [0.717, 1.165) is 23.2 Å². The second-order valence-corrected chi connectivity index (χ2v) is 5.94. The van der Waals surface area contributed by atoms with E-state index in [1.165, 1.54) is 12.8 Å². The quantitative estimate of drug-likeness (QED) is 0.852. The number of anilines is 1. The summed E-state index contributed by atoms with van der Waals surface area (Å²) < 4.78 is 2.72. The molecule has 1 aliphatic rings. The van der Waals surface area contributed by atoms with Gasteiger partial charge in [-0.05, 0) is 47.4 Å². The van der Waals surface area contributed by atoms with Crippen molar-refractivity contribution in [3.8, 4) is 0 Å². The number of pyridine rings is 1. The Hall–Kier alpha value is -1.18.